The third kappa shape index (κ3) is 5.21. The zero-order valence-corrected chi connectivity index (χ0v) is 17.9. The number of carbonyl (C=O) groups excluding carboxylic acids is 2. The number of esters is 1. The molecule has 0 unspecified atom stereocenters. The number of hydrogen-bond donors (Lipinski definition) is 1. The molecule has 2 heterocycles. The standard InChI is InChI=1S/C22H23N3O4S/c1-4-8-18-19(30-14(3)24-18)20(26)25-15-9-6-10-16(13-15)29-21-17(11-7-12-23-21)22(27)28-5-2/h6-7,9-13H,4-5,8H2,1-3H3,(H,25,26). The average Bonchev–Trinajstić information content (AvgIpc) is 3.09. The lowest BCUT2D eigenvalue weighted by molar-refractivity contribution is 0.0522. The molecule has 0 radical (unpaired) electrons. The molecule has 7 nitrogen and oxygen atoms in total. The Bertz CT molecular complexity index is 1050. The smallest absolute Gasteiger partial charge is 0.343 e. The maximum Gasteiger partial charge on any atom is 0.343 e. The van der Waals surface area contributed by atoms with Gasteiger partial charge in [-0.05, 0) is 44.5 Å². The van der Waals surface area contributed by atoms with Crippen molar-refractivity contribution in [3.05, 3.63) is 63.7 Å². The Kier molecular flexibility index (Phi) is 7.13. The van der Waals surface area contributed by atoms with Gasteiger partial charge in [-0.15, -0.1) is 11.3 Å². The van der Waals surface area contributed by atoms with Crippen LogP contribution in [0.4, 0.5) is 5.69 Å². The van der Waals surface area contributed by atoms with Crippen molar-refractivity contribution in [3.63, 3.8) is 0 Å². The molecule has 8 heteroatoms. The first kappa shape index (κ1) is 21.4. The van der Waals surface area contributed by atoms with E-state index in [1.807, 2.05) is 6.92 Å². The molecule has 30 heavy (non-hydrogen) atoms. The molecule has 0 aliphatic heterocycles. The van der Waals surface area contributed by atoms with Crippen molar-refractivity contribution in [3.8, 4) is 11.6 Å². The van der Waals surface area contributed by atoms with Crippen molar-refractivity contribution < 1.29 is 19.1 Å². The Morgan fingerprint density at radius 1 is 1.17 bits per heavy atom. The van der Waals surface area contributed by atoms with E-state index < -0.39 is 5.97 Å². The molecule has 0 atom stereocenters. The summed E-state index contributed by atoms with van der Waals surface area (Å²) in [6, 6.07) is 10.1. The van der Waals surface area contributed by atoms with Gasteiger partial charge in [-0.1, -0.05) is 19.4 Å². The Balaban J connectivity index is 1.78. The van der Waals surface area contributed by atoms with Crippen molar-refractivity contribution in [2.24, 2.45) is 0 Å². The van der Waals surface area contributed by atoms with E-state index in [1.165, 1.54) is 17.5 Å². The van der Waals surface area contributed by atoms with Gasteiger partial charge in [-0.3, -0.25) is 4.79 Å². The molecule has 3 aromatic rings. The minimum atomic E-state index is -0.505. The van der Waals surface area contributed by atoms with E-state index in [2.05, 4.69) is 22.2 Å². The fraction of sp³-hybridized carbons (Fsp3) is 0.273. The van der Waals surface area contributed by atoms with Crippen LogP contribution in [0.2, 0.25) is 0 Å². The number of nitrogens with one attached hydrogen (secondary N) is 1. The molecule has 0 saturated heterocycles. The first-order valence-corrected chi connectivity index (χ1v) is 10.5. The molecule has 0 fully saturated rings. The lowest BCUT2D eigenvalue weighted by Crippen LogP contribution is -2.12. The van der Waals surface area contributed by atoms with Crippen molar-refractivity contribution >= 4 is 28.9 Å². The van der Waals surface area contributed by atoms with Gasteiger partial charge in [0.2, 0.25) is 5.88 Å². The van der Waals surface area contributed by atoms with E-state index in [0.717, 1.165) is 23.5 Å². The van der Waals surface area contributed by atoms with Crippen molar-refractivity contribution in [2.45, 2.75) is 33.6 Å². The predicted molar refractivity (Wildman–Crippen MR) is 116 cm³/mol. The molecule has 0 spiro atoms. The lowest BCUT2D eigenvalue weighted by atomic mass is 10.2. The number of pyridine rings is 1. The number of amides is 1. The van der Waals surface area contributed by atoms with Gasteiger partial charge in [0.05, 0.1) is 17.3 Å². The number of benzene rings is 1. The molecule has 0 saturated carbocycles. The van der Waals surface area contributed by atoms with Crippen LogP contribution in [0, 0.1) is 6.92 Å². The molecule has 2 aromatic heterocycles. The summed E-state index contributed by atoms with van der Waals surface area (Å²) in [5.74, 6) is -0.130. The van der Waals surface area contributed by atoms with Crippen LogP contribution in [0.1, 0.15) is 51.0 Å². The van der Waals surface area contributed by atoms with Crippen molar-refractivity contribution in [2.75, 3.05) is 11.9 Å². The minimum absolute atomic E-state index is 0.141. The topological polar surface area (TPSA) is 90.4 Å². The van der Waals surface area contributed by atoms with Crippen molar-refractivity contribution in [1.29, 1.82) is 0 Å². The Labute approximate surface area is 179 Å². The summed E-state index contributed by atoms with van der Waals surface area (Å²) in [5.41, 5.74) is 1.62. The second kappa shape index (κ2) is 9.98. The zero-order chi connectivity index (χ0) is 21.5. The van der Waals surface area contributed by atoms with Gasteiger partial charge in [-0.25, -0.2) is 14.8 Å². The maximum atomic E-state index is 12.8. The van der Waals surface area contributed by atoms with Crippen LogP contribution in [0.3, 0.4) is 0 Å². The molecule has 156 valence electrons. The van der Waals surface area contributed by atoms with Crippen LogP contribution in [0.15, 0.2) is 42.6 Å². The Morgan fingerprint density at radius 3 is 2.77 bits per heavy atom. The molecule has 0 bridgehead atoms. The largest absolute Gasteiger partial charge is 0.462 e. The highest BCUT2D eigenvalue weighted by molar-refractivity contribution is 7.13. The average molecular weight is 426 g/mol. The van der Waals surface area contributed by atoms with Gasteiger partial charge in [0.15, 0.2) is 0 Å². The van der Waals surface area contributed by atoms with Gasteiger partial charge < -0.3 is 14.8 Å². The van der Waals surface area contributed by atoms with Gasteiger partial charge in [0, 0.05) is 18.0 Å². The van der Waals surface area contributed by atoms with Gasteiger partial charge >= 0.3 is 5.97 Å². The number of anilines is 1. The number of aromatic nitrogens is 2. The van der Waals surface area contributed by atoms with Crippen LogP contribution in [0.25, 0.3) is 0 Å². The molecule has 3 rings (SSSR count). The van der Waals surface area contributed by atoms with Crippen LogP contribution in [-0.2, 0) is 11.2 Å². The second-order valence-electron chi connectivity index (χ2n) is 6.42. The highest BCUT2D eigenvalue weighted by atomic mass is 32.1. The normalized spacial score (nSPS) is 10.5. The van der Waals surface area contributed by atoms with E-state index in [4.69, 9.17) is 9.47 Å². The summed E-state index contributed by atoms with van der Waals surface area (Å²) in [6.45, 7) is 5.94. The number of aryl methyl sites for hydroxylation is 2. The van der Waals surface area contributed by atoms with Gasteiger partial charge in [0.1, 0.15) is 16.2 Å². The maximum absolute atomic E-state index is 12.8. The monoisotopic (exact) mass is 425 g/mol. The van der Waals surface area contributed by atoms with Crippen LogP contribution in [0.5, 0.6) is 11.6 Å². The fourth-order valence-electron chi connectivity index (χ4n) is 2.83. The molecule has 1 aromatic carbocycles. The molecule has 1 amide bonds. The summed E-state index contributed by atoms with van der Waals surface area (Å²) in [5, 5.41) is 3.76. The van der Waals surface area contributed by atoms with Gasteiger partial charge in [0.25, 0.3) is 5.91 Å². The number of thiazole rings is 1. The fourth-order valence-corrected chi connectivity index (χ4v) is 3.69. The predicted octanol–water partition coefficient (Wildman–Crippen LogP) is 5.02. The number of hydrogen-bond acceptors (Lipinski definition) is 7. The quantitative estimate of drug-likeness (QED) is 0.510. The summed E-state index contributed by atoms with van der Waals surface area (Å²) < 4.78 is 10.8. The lowest BCUT2D eigenvalue weighted by Gasteiger charge is -2.11. The number of rotatable bonds is 8. The Morgan fingerprint density at radius 2 is 2.00 bits per heavy atom. The zero-order valence-electron chi connectivity index (χ0n) is 17.1. The van der Waals surface area contributed by atoms with Crippen LogP contribution >= 0.6 is 11.3 Å². The molecular formula is C22H23N3O4S. The highest BCUT2D eigenvalue weighted by Crippen LogP contribution is 2.27. The highest BCUT2D eigenvalue weighted by Gasteiger charge is 2.18. The molecule has 0 aliphatic rings. The second-order valence-corrected chi connectivity index (χ2v) is 7.62. The molecule has 0 aliphatic carbocycles. The summed E-state index contributed by atoms with van der Waals surface area (Å²) >= 11 is 1.38. The molecular weight excluding hydrogens is 402 g/mol. The number of nitrogens with zero attached hydrogens (tertiary/aromatic N) is 2. The minimum Gasteiger partial charge on any atom is -0.462 e. The van der Waals surface area contributed by atoms with Gasteiger partial charge in [-0.2, -0.15) is 0 Å². The number of ether oxygens (including phenoxy) is 2. The van der Waals surface area contributed by atoms with Crippen molar-refractivity contribution in [1.82, 2.24) is 9.97 Å². The van der Waals surface area contributed by atoms with E-state index in [1.54, 1.807) is 43.3 Å². The van der Waals surface area contributed by atoms with Crippen LogP contribution in [-0.4, -0.2) is 28.5 Å². The number of carbonyl (C=O) groups is 2. The first-order chi connectivity index (χ1) is 14.5. The van der Waals surface area contributed by atoms with E-state index in [-0.39, 0.29) is 24.0 Å². The van der Waals surface area contributed by atoms with Crippen LogP contribution < -0.4 is 10.1 Å². The third-order valence-corrected chi connectivity index (χ3v) is 5.08. The van der Waals surface area contributed by atoms with E-state index >= 15 is 0 Å². The van der Waals surface area contributed by atoms with E-state index in [9.17, 15) is 9.59 Å². The summed E-state index contributed by atoms with van der Waals surface area (Å²) in [7, 11) is 0. The SMILES string of the molecule is CCCc1nc(C)sc1C(=O)Nc1cccc(Oc2ncccc2C(=O)OCC)c1. The first-order valence-electron chi connectivity index (χ1n) is 9.69. The Hall–Kier alpha value is -3.26. The summed E-state index contributed by atoms with van der Waals surface area (Å²) in [4.78, 5) is 34.1. The molecule has 1 N–H and O–H groups in total. The van der Waals surface area contributed by atoms with E-state index in [0.29, 0.717) is 16.3 Å². The third-order valence-electron chi connectivity index (χ3n) is 4.07. The summed E-state index contributed by atoms with van der Waals surface area (Å²) in [6.07, 6.45) is 3.21.